The molecule has 0 aromatic carbocycles. The van der Waals surface area contributed by atoms with E-state index in [1.54, 1.807) is 7.11 Å². The normalized spacial score (nSPS) is 20.1. The average Bonchev–Trinajstić information content (AvgIpc) is 2.35. The molecule has 7 heteroatoms. The molecule has 18 heavy (non-hydrogen) atoms. The molecule has 0 radical (unpaired) electrons. The number of carbonyl (C=O) groups excluding carboxylic acids is 3. The Hall–Kier alpha value is -1.47. The van der Waals surface area contributed by atoms with Crippen LogP contribution in [0, 0.1) is 0 Å². The maximum Gasteiger partial charge on any atom is 0.246 e. The molecule has 0 bridgehead atoms. The molecule has 0 saturated carbocycles. The summed E-state index contributed by atoms with van der Waals surface area (Å²) in [5.74, 6) is -0.655. The molecule has 1 unspecified atom stereocenters. The first-order valence-electron chi connectivity index (χ1n) is 5.85. The van der Waals surface area contributed by atoms with Crippen LogP contribution in [0.2, 0.25) is 0 Å². The molecule has 2 N–H and O–H groups in total. The van der Waals surface area contributed by atoms with E-state index < -0.39 is 6.04 Å². The van der Waals surface area contributed by atoms with Gasteiger partial charge in [-0.1, -0.05) is 0 Å². The van der Waals surface area contributed by atoms with Gasteiger partial charge in [0.1, 0.15) is 0 Å². The van der Waals surface area contributed by atoms with Crippen molar-refractivity contribution >= 4 is 17.7 Å². The zero-order chi connectivity index (χ0) is 13.5. The number of likely N-dealkylation sites (N-methyl/N-ethyl adjacent to an activating group) is 1. The van der Waals surface area contributed by atoms with E-state index in [2.05, 4.69) is 10.6 Å². The standard InChI is InChI=1S/C11H19N3O4/c1-14-10(16)4-3-8(11(14)17)13-7-9(15)12-5-6-18-2/h8,13H,3-7H2,1-2H3,(H,12,15). The van der Waals surface area contributed by atoms with Crippen molar-refractivity contribution in [3.8, 4) is 0 Å². The second-order valence-electron chi connectivity index (χ2n) is 4.11. The molecule has 1 fully saturated rings. The lowest BCUT2D eigenvalue weighted by molar-refractivity contribution is -0.148. The highest BCUT2D eigenvalue weighted by atomic mass is 16.5. The number of ether oxygens (including phenoxy) is 1. The molecule has 1 saturated heterocycles. The lowest BCUT2D eigenvalue weighted by Crippen LogP contribution is -2.53. The Balaban J connectivity index is 2.28. The van der Waals surface area contributed by atoms with Gasteiger partial charge in [-0.25, -0.2) is 0 Å². The maximum absolute atomic E-state index is 11.7. The van der Waals surface area contributed by atoms with Crippen molar-refractivity contribution in [2.24, 2.45) is 0 Å². The van der Waals surface area contributed by atoms with E-state index in [0.29, 0.717) is 26.0 Å². The second kappa shape index (κ2) is 7.07. The van der Waals surface area contributed by atoms with Gasteiger partial charge in [-0.05, 0) is 6.42 Å². The van der Waals surface area contributed by atoms with Crippen LogP contribution in [0.3, 0.4) is 0 Å². The van der Waals surface area contributed by atoms with Gasteiger partial charge < -0.3 is 10.1 Å². The molecule has 1 rings (SSSR count). The van der Waals surface area contributed by atoms with Crippen LogP contribution in [0.15, 0.2) is 0 Å². The number of hydrogen-bond donors (Lipinski definition) is 2. The third-order valence-corrected chi connectivity index (χ3v) is 2.79. The molecular formula is C11H19N3O4. The highest BCUT2D eigenvalue weighted by molar-refractivity contribution is 6.00. The summed E-state index contributed by atoms with van der Waals surface area (Å²) in [5, 5.41) is 5.49. The number of piperidine rings is 1. The smallest absolute Gasteiger partial charge is 0.246 e. The topological polar surface area (TPSA) is 87.7 Å². The van der Waals surface area contributed by atoms with E-state index in [1.807, 2.05) is 0 Å². The van der Waals surface area contributed by atoms with Crippen LogP contribution in [0.1, 0.15) is 12.8 Å². The summed E-state index contributed by atoms with van der Waals surface area (Å²) < 4.78 is 4.80. The van der Waals surface area contributed by atoms with Gasteiger partial charge in [-0.2, -0.15) is 0 Å². The monoisotopic (exact) mass is 257 g/mol. The molecular weight excluding hydrogens is 238 g/mol. The Morgan fingerprint density at radius 1 is 1.50 bits per heavy atom. The van der Waals surface area contributed by atoms with Crippen molar-refractivity contribution in [3.05, 3.63) is 0 Å². The number of methoxy groups -OCH3 is 1. The Morgan fingerprint density at radius 3 is 2.89 bits per heavy atom. The Bertz CT molecular complexity index is 332. The summed E-state index contributed by atoms with van der Waals surface area (Å²) in [4.78, 5) is 35.4. The van der Waals surface area contributed by atoms with Crippen molar-refractivity contribution in [1.29, 1.82) is 0 Å². The summed E-state index contributed by atoms with van der Waals surface area (Å²) >= 11 is 0. The van der Waals surface area contributed by atoms with Crippen molar-refractivity contribution in [2.75, 3.05) is 33.9 Å². The van der Waals surface area contributed by atoms with Gasteiger partial charge >= 0.3 is 0 Å². The largest absolute Gasteiger partial charge is 0.383 e. The lowest BCUT2D eigenvalue weighted by Gasteiger charge is -2.28. The van der Waals surface area contributed by atoms with Gasteiger partial charge in [0.25, 0.3) is 0 Å². The SMILES string of the molecule is COCCNC(=O)CNC1CCC(=O)N(C)C1=O. The van der Waals surface area contributed by atoms with Gasteiger partial charge in [-0.15, -0.1) is 0 Å². The molecule has 102 valence electrons. The number of imide groups is 1. The van der Waals surface area contributed by atoms with Crippen LogP contribution in [-0.4, -0.2) is 62.5 Å². The number of hydrogen-bond acceptors (Lipinski definition) is 5. The van der Waals surface area contributed by atoms with Gasteiger partial charge in [0.05, 0.1) is 19.2 Å². The molecule has 1 aliphatic heterocycles. The van der Waals surface area contributed by atoms with Crippen LogP contribution in [-0.2, 0) is 19.1 Å². The average molecular weight is 257 g/mol. The van der Waals surface area contributed by atoms with E-state index in [4.69, 9.17) is 4.74 Å². The van der Waals surface area contributed by atoms with Gasteiger partial charge in [0.15, 0.2) is 0 Å². The molecule has 0 aromatic rings. The minimum Gasteiger partial charge on any atom is -0.383 e. The number of nitrogens with zero attached hydrogens (tertiary/aromatic N) is 1. The summed E-state index contributed by atoms with van der Waals surface area (Å²) in [6.07, 6.45) is 0.762. The zero-order valence-electron chi connectivity index (χ0n) is 10.7. The number of carbonyl (C=O) groups is 3. The molecule has 1 aliphatic rings. The van der Waals surface area contributed by atoms with E-state index in [0.717, 1.165) is 4.90 Å². The quantitative estimate of drug-likeness (QED) is 0.446. The van der Waals surface area contributed by atoms with Gasteiger partial charge in [0.2, 0.25) is 17.7 Å². The second-order valence-corrected chi connectivity index (χ2v) is 4.11. The molecule has 0 aliphatic carbocycles. The predicted octanol–water partition coefficient (Wildman–Crippen LogP) is -1.51. The molecule has 0 aromatic heterocycles. The van der Waals surface area contributed by atoms with Crippen LogP contribution in [0.25, 0.3) is 0 Å². The fraction of sp³-hybridized carbons (Fsp3) is 0.727. The minimum absolute atomic E-state index is 0.0577. The fourth-order valence-corrected chi connectivity index (χ4v) is 1.68. The molecule has 7 nitrogen and oxygen atoms in total. The molecule has 1 heterocycles. The summed E-state index contributed by atoms with van der Waals surface area (Å²) in [6.45, 7) is 0.946. The van der Waals surface area contributed by atoms with Crippen molar-refractivity contribution in [1.82, 2.24) is 15.5 Å². The molecule has 1 atom stereocenters. The van der Waals surface area contributed by atoms with Crippen molar-refractivity contribution < 1.29 is 19.1 Å². The van der Waals surface area contributed by atoms with Crippen molar-refractivity contribution in [2.45, 2.75) is 18.9 Å². The highest BCUT2D eigenvalue weighted by Gasteiger charge is 2.31. The first-order chi connectivity index (χ1) is 8.56. The number of nitrogens with one attached hydrogen (secondary N) is 2. The first-order valence-corrected chi connectivity index (χ1v) is 5.85. The fourth-order valence-electron chi connectivity index (χ4n) is 1.68. The Labute approximate surface area is 106 Å². The van der Waals surface area contributed by atoms with Crippen molar-refractivity contribution in [3.63, 3.8) is 0 Å². The van der Waals surface area contributed by atoms with E-state index >= 15 is 0 Å². The third kappa shape index (κ3) is 4.08. The summed E-state index contributed by atoms with van der Waals surface area (Å²) in [7, 11) is 3.01. The number of likely N-dealkylation sites (tertiary alicyclic amines) is 1. The van der Waals surface area contributed by atoms with Crippen LogP contribution in [0.4, 0.5) is 0 Å². The Morgan fingerprint density at radius 2 is 2.22 bits per heavy atom. The zero-order valence-corrected chi connectivity index (χ0v) is 10.7. The van der Waals surface area contributed by atoms with Gasteiger partial charge in [-0.3, -0.25) is 24.6 Å². The summed E-state index contributed by atoms with van der Waals surface area (Å²) in [6, 6.07) is -0.458. The molecule has 3 amide bonds. The van der Waals surface area contributed by atoms with E-state index in [1.165, 1.54) is 7.05 Å². The minimum atomic E-state index is -0.458. The maximum atomic E-state index is 11.7. The molecule has 0 spiro atoms. The van der Waals surface area contributed by atoms with Gasteiger partial charge in [0, 0.05) is 27.1 Å². The number of rotatable bonds is 6. The van der Waals surface area contributed by atoms with Crippen LogP contribution >= 0.6 is 0 Å². The van der Waals surface area contributed by atoms with E-state index in [9.17, 15) is 14.4 Å². The summed E-state index contributed by atoms with van der Waals surface area (Å²) in [5.41, 5.74) is 0. The third-order valence-electron chi connectivity index (χ3n) is 2.79. The predicted molar refractivity (Wildman–Crippen MR) is 63.7 cm³/mol. The highest BCUT2D eigenvalue weighted by Crippen LogP contribution is 2.10. The lowest BCUT2D eigenvalue weighted by atomic mass is 10.0. The first kappa shape index (κ1) is 14.6. The van der Waals surface area contributed by atoms with Crippen LogP contribution in [0.5, 0.6) is 0 Å². The number of amides is 3. The van der Waals surface area contributed by atoms with E-state index in [-0.39, 0.29) is 24.3 Å². The Kier molecular flexibility index (Phi) is 5.73. The van der Waals surface area contributed by atoms with Crippen LogP contribution < -0.4 is 10.6 Å².